The maximum atomic E-state index is 13.5. The SMILES string of the molecule is CC(C)CC(NC(=O)c1cccs1)C(=O)N1CCC2C1C(=O)CN2C(=O)Cc1cccnc1. The van der Waals surface area contributed by atoms with Gasteiger partial charge in [0.1, 0.15) is 12.1 Å². The van der Waals surface area contributed by atoms with Crippen molar-refractivity contribution in [2.75, 3.05) is 13.1 Å². The molecule has 3 atom stereocenters. The van der Waals surface area contributed by atoms with Crippen molar-refractivity contribution in [2.45, 2.75) is 51.2 Å². The van der Waals surface area contributed by atoms with Crippen molar-refractivity contribution < 1.29 is 19.2 Å². The second-order valence-corrected chi connectivity index (χ2v) is 9.94. The lowest BCUT2D eigenvalue weighted by Gasteiger charge is -2.29. The molecule has 0 bridgehead atoms. The van der Waals surface area contributed by atoms with Gasteiger partial charge in [-0.15, -0.1) is 11.3 Å². The van der Waals surface area contributed by atoms with E-state index in [0.717, 1.165) is 5.56 Å². The predicted molar refractivity (Wildman–Crippen MR) is 124 cm³/mol. The van der Waals surface area contributed by atoms with Gasteiger partial charge in [0.2, 0.25) is 11.8 Å². The maximum Gasteiger partial charge on any atom is 0.261 e. The van der Waals surface area contributed by atoms with E-state index in [-0.39, 0.29) is 48.4 Å². The van der Waals surface area contributed by atoms with Crippen molar-refractivity contribution in [1.82, 2.24) is 20.1 Å². The Morgan fingerprint density at radius 3 is 2.70 bits per heavy atom. The Kier molecular flexibility index (Phi) is 6.88. The summed E-state index contributed by atoms with van der Waals surface area (Å²) in [5, 5.41) is 4.68. The van der Waals surface area contributed by atoms with Crippen LogP contribution in [0.1, 0.15) is 41.9 Å². The van der Waals surface area contributed by atoms with Crippen LogP contribution in [0.15, 0.2) is 42.0 Å². The van der Waals surface area contributed by atoms with Gasteiger partial charge in [0.05, 0.1) is 23.9 Å². The van der Waals surface area contributed by atoms with E-state index in [0.29, 0.717) is 24.3 Å². The molecule has 1 N–H and O–H groups in total. The van der Waals surface area contributed by atoms with E-state index in [1.807, 2.05) is 25.3 Å². The van der Waals surface area contributed by atoms with Gasteiger partial charge in [0.25, 0.3) is 5.91 Å². The van der Waals surface area contributed by atoms with E-state index < -0.39 is 12.1 Å². The van der Waals surface area contributed by atoms with E-state index >= 15 is 0 Å². The Balaban J connectivity index is 1.47. The summed E-state index contributed by atoms with van der Waals surface area (Å²) < 4.78 is 0. The number of hydrogen-bond acceptors (Lipinski definition) is 6. The minimum atomic E-state index is -0.716. The van der Waals surface area contributed by atoms with Crippen LogP contribution >= 0.6 is 11.3 Å². The average Bonchev–Trinajstić information content (AvgIpc) is 3.52. The lowest BCUT2D eigenvalue weighted by atomic mass is 10.0. The molecule has 0 aliphatic carbocycles. The number of ketones is 1. The molecule has 2 aliphatic heterocycles. The van der Waals surface area contributed by atoms with Crippen LogP contribution in [0, 0.1) is 5.92 Å². The molecule has 0 saturated carbocycles. The quantitative estimate of drug-likeness (QED) is 0.669. The highest BCUT2D eigenvalue weighted by Gasteiger charge is 2.52. The molecule has 2 aliphatic rings. The largest absolute Gasteiger partial charge is 0.340 e. The van der Waals surface area contributed by atoms with Crippen molar-refractivity contribution >= 4 is 34.8 Å². The van der Waals surface area contributed by atoms with Crippen molar-refractivity contribution in [3.63, 3.8) is 0 Å². The molecule has 9 heteroatoms. The van der Waals surface area contributed by atoms with Gasteiger partial charge < -0.3 is 15.1 Å². The number of hydrogen-bond donors (Lipinski definition) is 1. The number of nitrogens with one attached hydrogen (secondary N) is 1. The summed E-state index contributed by atoms with van der Waals surface area (Å²) in [7, 11) is 0. The zero-order valence-corrected chi connectivity index (χ0v) is 19.6. The van der Waals surface area contributed by atoms with Gasteiger partial charge in [-0.2, -0.15) is 0 Å². The summed E-state index contributed by atoms with van der Waals surface area (Å²) in [5.74, 6) is -0.624. The number of thiophene rings is 1. The van der Waals surface area contributed by atoms with Crippen LogP contribution in [-0.2, 0) is 20.8 Å². The standard InChI is InChI=1S/C24H28N4O4S/c1-15(2)11-17(26-23(31)20-6-4-10-33-20)24(32)27-9-7-18-22(27)19(29)14-28(18)21(30)12-16-5-3-8-25-13-16/h3-6,8,10,13,15,17-18,22H,7,9,11-12,14H2,1-2H3,(H,26,31). The van der Waals surface area contributed by atoms with E-state index in [2.05, 4.69) is 10.3 Å². The number of rotatable bonds is 7. The Hall–Kier alpha value is -3.07. The van der Waals surface area contributed by atoms with Crippen molar-refractivity contribution in [2.24, 2.45) is 5.92 Å². The second-order valence-electron chi connectivity index (χ2n) is 8.99. The van der Waals surface area contributed by atoms with Gasteiger partial charge >= 0.3 is 0 Å². The number of fused-ring (bicyclic) bond motifs is 1. The first-order chi connectivity index (χ1) is 15.8. The highest BCUT2D eigenvalue weighted by atomic mass is 32.1. The molecule has 8 nitrogen and oxygen atoms in total. The highest BCUT2D eigenvalue weighted by molar-refractivity contribution is 7.12. The molecule has 0 aromatic carbocycles. The van der Waals surface area contributed by atoms with Crippen molar-refractivity contribution in [3.05, 3.63) is 52.5 Å². The lowest BCUT2D eigenvalue weighted by molar-refractivity contribution is -0.138. The van der Waals surface area contributed by atoms with Gasteiger partial charge in [-0.05, 0) is 41.8 Å². The number of likely N-dealkylation sites (tertiary alicyclic amines) is 2. The van der Waals surface area contributed by atoms with Gasteiger partial charge in [0.15, 0.2) is 5.78 Å². The molecule has 33 heavy (non-hydrogen) atoms. The lowest BCUT2D eigenvalue weighted by Crippen LogP contribution is -2.52. The molecule has 3 unspecified atom stereocenters. The highest BCUT2D eigenvalue weighted by Crippen LogP contribution is 2.31. The third kappa shape index (κ3) is 4.98. The first kappa shape index (κ1) is 23.1. The minimum Gasteiger partial charge on any atom is -0.340 e. The normalized spacial score (nSPS) is 20.8. The predicted octanol–water partition coefficient (Wildman–Crippen LogP) is 1.91. The molecule has 0 spiro atoms. The maximum absolute atomic E-state index is 13.5. The number of amides is 3. The molecular weight excluding hydrogens is 440 g/mol. The fourth-order valence-electron chi connectivity index (χ4n) is 4.70. The van der Waals surface area contributed by atoms with E-state index in [9.17, 15) is 19.2 Å². The summed E-state index contributed by atoms with van der Waals surface area (Å²) in [6, 6.07) is 5.42. The number of nitrogens with zero attached hydrogens (tertiary/aromatic N) is 3. The monoisotopic (exact) mass is 468 g/mol. The number of aromatic nitrogens is 1. The molecule has 0 radical (unpaired) electrons. The summed E-state index contributed by atoms with van der Waals surface area (Å²) in [6.45, 7) is 4.38. The van der Waals surface area contributed by atoms with Gasteiger partial charge in [-0.25, -0.2) is 0 Å². The first-order valence-electron chi connectivity index (χ1n) is 11.2. The van der Waals surface area contributed by atoms with E-state index in [1.54, 1.807) is 40.4 Å². The number of carbonyl (C=O) groups is 4. The summed E-state index contributed by atoms with van der Waals surface area (Å²) in [6.07, 6.45) is 4.49. The average molecular weight is 469 g/mol. The Morgan fingerprint density at radius 1 is 1.21 bits per heavy atom. The van der Waals surface area contributed by atoms with Crippen LogP contribution in [0.5, 0.6) is 0 Å². The molecule has 2 aromatic heterocycles. The third-order valence-electron chi connectivity index (χ3n) is 6.16. The Morgan fingerprint density at radius 2 is 2.03 bits per heavy atom. The van der Waals surface area contributed by atoms with E-state index in [4.69, 9.17) is 0 Å². The third-order valence-corrected chi connectivity index (χ3v) is 7.03. The van der Waals surface area contributed by atoms with Crippen LogP contribution in [-0.4, -0.2) is 69.5 Å². The van der Waals surface area contributed by atoms with Crippen LogP contribution in [0.3, 0.4) is 0 Å². The van der Waals surface area contributed by atoms with Crippen LogP contribution in [0.4, 0.5) is 0 Å². The van der Waals surface area contributed by atoms with Gasteiger partial charge in [-0.3, -0.25) is 24.2 Å². The van der Waals surface area contributed by atoms with Crippen LogP contribution < -0.4 is 5.32 Å². The Bertz CT molecular complexity index is 1020. The fraction of sp³-hybridized carbons (Fsp3) is 0.458. The zero-order valence-electron chi connectivity index (χ0n) is 18.8. The minimum absolute atomic E-state index is 0.00854. The molecule has 4 rings (SSSR count). The van der Waals surface area contributed by atoms with Gasteiger partial charge in [0, 0.05) is 18.9 Å². The summed E-state index contributed by atoms with van der Waals surface area (Å²) in [5.41, 5.74) is 0.789. The van der Waals surface area contributed by atoms with Crippen molar-refractivity contribution in [1.29, 1.82) is 0 Å². The second kappa shape index (κ2) is 9.82. The topological polar surface area (TPSA) is 99.7 Å². The Labute approximate surface area is 197 Å². The zero-order chi connectivity index (χ0) is 23.5. The van der Waals surface area contributed by atoms with Crippen LogP contribution in [0.25, 0.3) is 0 Å². The number of Topliss-reactive ketones (excluding diaryl/α,β-unsaturated/α-hetero) is 1. The van der Waals surface area contributed by atoms with Gasteiger partial charge in [-0.1, -0.05) is 26.0 Å². The molecule has 2 aromatic rings. The summed E-state index contributed by atoms with van der Waals surface area (Å²) >= 11 is 1.32. The molecule has 2 saturated heterocycles. The molecule has 2 fully saturated rings. The van der Waals surface area contributed by atoms with E-state index in [1.165, 1.54) is 11.3 Å². The molecular formula is C24H28N4O4S. The number of pyridine rings is 1. The summed E-state index contributed by atoms with van der Waals surface area (Å²) in [4.78, 5) is 59.7. The van der Waals surface area contributed by atoms with Crippen molar-refractivity contribution in [3.8, 4) is 0 Å². The molecule has 174 valence electrons. The molecule has 4 heterocycles. The fourth-order valence-corrected chi connectivity index (χ4v) is 5.33. The smallest absolute Gasteiger partial charge is 0.261 e. The van der Waals surface area contributed by atoms with Crippen LogP contribution in [0.2, 0.25) is 0 Å². The first-order valence-corrected chi connectivity index (χ1v) is 12.1. The molecule has 3 amide bonds. The number of carbonyl (C=O) groups excluding carboxylic acids is 4.